The van der Waals surface area contributed by atoms with Crippen LogP contribution in [0.2, 0.25) is 5.15 Å². The molecule has 1 aromatic carbocycles. The van der Waals surface area contributed by atoms with Gasteiger partial charge in [-0.2, -0.15) is 0 Å². The second-order valence-electron chi connectivity index (χ2n) is 3.75. The number of hydrogen-bond acceptors (Lipinski definition) is 3. The van der Waals surface area contributed by atoms with Crippen molar-refractivity contribution in [3.63, 3.8) is 0 Å². The van der Waals surface area contributed by atoms with E-state index >= 15 is 0 Å². The summed E-state index contributed by atoms with van der Waals surface area (Å²) >= 11 is 12.7. The second-order valence-corrected chi connectivity index (χ2v) is 5.81. The predicted molar refractivity (Wildman–Crippen MR) is 80.9 cm³/mol. The largest absolute Gasteiger partial charge is 0.362 e. The number of anilines is 1. The molecule has 1 aromatic heterocycles. The average molecular weight is 391 g/mol. The maximum atomic E-state index is 5.92. The van der Waals surface area contributed by atoms with Gasteiger partial charge in [-0.1, -0.05) is 39.7 Å². The highest BCUT2D eigenvalue weighted by atomic mass is 79.9. The van der Waals surface area contributed by atoms with Crippen LogP contribution in [-0.2, 0) is 0 Å². The summed E-state index contributed by atoms with van der Waals surface area (Å²) < 4.78 is 1.72. The summed E-state index contributed by atoms with van der Waals surface area (Å²) in [5.41, 5.74) is 1.16. The molecule has 3 nitrogen and oxygen atoms in total. The fourth-order valence-electron chi connectivity index (χ4n) is 1.51. The van der Waals surface area contributed by atoms with Crippen LogP contribution in [0, 0.1) is 0 Å². The van der Waals surface area contributed by atoms with Crippen molar-refractivity contribution in [3.8, 4) is 0 Å². The number of rotatable bonds is 3. The minimum atomic E-state index is 0.116. The summed E-state index contributed by atoms with van der Waals surface area (Å²) in [6, 6.07) is 8.23. The molecule has 1 N–H and O–H groups in total. The fraction of sp³-hybridized carbons (Fsp3) is 0.167. The maximum absolute atomic E-state index is 5.92. The van der Waals surface area contributed by atoms with Crippen molar-refractivity contribution in [3.05, 3.63) is 50.3 Å². The molecule has 0 saturated heterocycles. The molecule has 18 heavy (non-hydrogen) atoms. The molecule has 0 radical (unpaired) electrons. The van der Waals surface area contributed by atoms with Crippen molar-refractivity contribution in [2.45, 2.75) is 13.0 Å². The minimum Gasteiger partial charge on any atom is -0.362 e. The molecule has 0 aliphatic carbocycles. The van der Waals surface area contributed by atoms with E-state index in [4.69, 9.17) is 11.6 Å². The molecule has 0 bridgehead atoms. The normalized spacial score (nSPS) is 12.2. The van der Waals surface area contributed by atoms with Crippen LogP contribution in [-0.4, -0.2) is 9.97 Å². The highest BCUT2D eigenvalue weighted by molar-refractivity contribution is 9.11. The summed E-state index contributed by atoms with van der Waals surface area (Å²) in [6.45, 7) is 2.06. The molecule has 0 aliphatic rings. The summed E-state index contributed by atoms with van der Waals surface area (Å²) in [5.74, 6) is 0.683. The number of halogens is 3. The molecular weight excluding hydrogens is 381 g/mol. The zero-order valence-corrected chi connectivity index (χ0v) is 13.4. The third kappa shape index (κ3) is 3.22. The third-order valence-corrected chi connectivity index (χ3v) is 4.21. The van der Waals surface area contributed by atoms with Gasteiger partial charge in [-0.25, -0.2) is 9.97 Å². The van der Waals surface area contributed by atoms with Gasteiger partial charge in [-0.15, -0.1) is 0 Å². The van der Waals surface area contributed by atoms with E-state index in [1.165, 1.54) is 6.33 Å². The molecule has 0 spiro atoms. The summed E-state index contributed by atoms with van der Waals surface area (Å²) in [6.07, 6.45) is 1.43. The van der Waals surface area contributed by atoms with E-state index in [1.54, 1.807) is 0 Å². The molecule has 6 heteroatoms. The Hall–Kier alpha value is -0.650. The zero-order chi connectivity index (χ0) is 13.1. The monoisotopic (exact) mass is 389 g/mol. The first-order valence-corrected chi connectivity index (χ1v) is 7.22. The summed E-state index contributed by atoms with van der Waals surface area (Å²) in [4.78, 5) is 8.06. The SMILES string of the molecule is CC(Nc1ncnc(Cl)c1Br)c1cccc(Br)c1. The van der Waals surface area contributed by atoms with Crippen molar-refractivity contribution >= 4 is 49.3 Å². The lowest BCUT2D eigenvalue weighted by Crippen LogP contribution is -2.08. The van der Waals surface area contributed by atoms with E-state index in [9.17, 15) is 0 Å². The second kappa shape index (κ2) is 5.99. The topological polar surface area (TPSA) is 37.8 Å². The highest BCUT2D eigenvalue weighted by Gasteiger charge is 2.11. The van der Waals surface area contributed by atoms with Gasteiger partial charge in [0.2, 0.25) is 0 Å². The van der Waals surface area contributed by atoms with Crippen LogP contribution < -0.4 is 5.32 Å². The first-order chi connectivity index (χ1) is 8.58. The van der Waals surface area contributed by atoms with Gasteiger partial charge >= 0.3 is 0 Å². The van der Waals surface area contributed by atoms with Gasteiger partial charge < -0.3 is 5.32 Å². The van der Waals surface area contributed by atoms with Crippen molar-refractivity contribution < 1.29 is 0 Å². The van der Waals surface area contributed by atoms with Crippen LogP contribution in [0.1, 0.15) is 18.5 Å². The third-order valence-electron chi connectivity index (χ3n) is 2.45. The van der Waals surface area contributed by atoms with Crippen LogP contribution in [0.5, 0.6) is 0 Å². The quantitative estimate of drug-likeness (QED) is 0.762. The van der Waals surface area contributed by atoms with Gasteiger partial charge in [-0.3, -0.25) is 0 Å². The Kier molecular flexibility index (Phi) is 4.59. The molecule has 0 aliphatic heterocycles. The van der Waals surface area contributed by atoms with Crippen LogP contribution in [0.25, 0.3) is 0 Å². The Morgan fingerprint density at radius 3 is 2.78 bits per heavy atom. The van der Waals surface area contributed by atoms with Crippen molar-refractivity contribution in [2.75, 3.05) is 5.32 Å². The lowest BCUT2D eigenvalue weighted by molar-refractivity contribution is 0.869. The number of nitrogens with zero attached hydrogens (tertiary/aromatic N) is 2. The Balaban J connectivity index is 2.21. The average Bonchev–Trinajstić information content (AvgIpc) is 2.35. The van der Waals surface area contributed by atoms with Crippen LogP contribution in [0.4, 0.5) is 5.82 Å². The summed E-state index contributed by atoms with van der Waals surface area (Å²) in [5, 5.41) is 3.69. The Morgan fingerprint density at radius 1 is 1.28 bits per heavy atom. The molecular formula is C12H10Br2ClN3. The van der Waals surface area contributed by atoms with E-state index in [0.29, 0.717) is 15.4 Å². The van der Waals surface area contributed by atoms with E-state index in [0.717, 1.165) is 10.0 Å². The van der Waals surface area contributed by atoms with Crippen molar-refractivity contribution in [2.24, 2.45) is 0 Å². The van der Waals surface area contributed by atoms with Gasteiger partial charge in [0.15, 0.2) is 0 Å². The highest BCUT2D eigenvalue weighted by Crippen LogP contribution is 2.29. The zero-order valence-electron chi connectivity index (χ0n) is 9.49. The molecule has 1 heterocycles. The molecule has 0 fully saturated rings. The van der Waals surface area contributed by atoms with Gasteiger partial charge in [-0.05, 0) is 40.5 Å². The van der Waals surface area contributed by atoms with Gasteiger partial charge in [0.1, 0.15) is 17.3 Å². The minimum absolute atomic E-state index is 0.116. The molecule has 1 atom stereocenters. The number of aromatic nitrogens is 2. The van der Waals surface area contributed by atoms with E-state index < -0.39 is 0 Å². The fourth-order valence-corrected chi connectivity index (χ4v) is 2.38. The van der Waals surface area contributed by atoms with Gasteiger partial charge in [0.25, 0.3) is 0 Å². The van der Waals surface area contributed by atoms with Crippen LogP contribution in [0.3, 0.4) is 0 Å². The number of nitrogens with one attached hydrogen (secondary N) is 1. The molecule has 2 aromatic rings. The van der Waals surface area contributed by atoms with Gasteiger partial charge in [0.05, 0.1) is 10.5 Å². The Labute approximate surface area is 127 Å². The lowest BCUT2D eigenvalue weighted by atomic mass is 10.1. The Bertz CT molecular complexity index is 563. The number of benzene rings is 1. The van der Waals surface area contributed by atoms with Crippen LogP contribution >= 0.6 is 43.5 Å². The summed E-state index contributed by atoms with van der Waals surface area (Å²) in [7, 11) is 0. The van der Waals surface area contributed by atoms with Crippen LogP contribution in [0.15, 0.2) is 39.5 Å². The first kappa shape index (κ1) is 13.8. The maximum Gasteiger partial charge on any atom is 0.148 e. The smallest absolute Gasteiger partial charge is 0.148 e. The van der Waals surface area contributed by atoms with Gasteiger partial charge in [0, 0.05) is 4.47 Å². The van der Waals surface area contributed by atoms with Crippen molar-refractivity contribution in [1.29, 1.82) is 0 Å². The molecule has 1 unspecified atom stereocenters. The van der Waals surface area contributed by atoms with E-state index in [1.807, 2.05) is 12.1 Å². The molecule has 0 amide bonds. The lowest BCUT2D eigenvalue weighted by Gasteiger charge is -2.16. The first-order valence-electron chi connectivity index (χ1n) is 5.26. The Morgan fingerprint density at radius 2 is 2.06 bits per heavy atom. The van der Waals surface area contributed by atoms with Crippen molar-refractivity contribution in [1.82, 2.24) is 9.97 Å². The number of hydrogen-bond donors (Lipinski definition) is 1. The predicted octanol–water partition coefficient (Wildman–Crippen LogP) is 4.83. The van der Waals surface area contributed by atoms with E-state index in [2.05, 4.69) is 66.2 Å². The van der Waals surface area contributed by atoms with E-state index in [-0.39, 0.29) is 6.04 Å². The molecule has 2 rings (SSSR count). The standard InChI is InChI=1S/C12H10Br2ClN3/c1-7(8-3-2-4-9(13)5-8)18-12-10(14)11(15)16-6-17-12/h2-7H,1H3,(H,16,17,18). The molecule has 0 saturated carbocycles. The molecule has 94 valence electrons.